The van der Waals surface area contributed by atoms with E-state index in [1.807, 2.05) is 0 Å². The Labute approximate surface area is 210 Å². The van der Waals surface area contributed by atoms with Gasteiger partial charge in [0.15, 0.2) is 5.78 Å². The lowest BCUT2D eigenvalue weighted by molar-refractivity contribution is -0.129. The smallest absolute Gasteiger partial charge is 0.157 e. The van der Waals surface area contributed by atoms with Crippen molar-refractivity contribution in [2.24, 2.45) is 52.7 Å². The predicted molar refractivity (Wildman–Crippen MR) is 138 cm³/mol. The number of nitrogens with two attached hydrogens (primary N) is 2. The van der Waals surface area contributed by atoms with Crippen LogP contribution >= 0.6 is 0 Å². The van der Waals surface area contributed by atoms with Crippen LogP contribution in [0.1, 0.15) is 71.6 Å². The van der Waals surface area contributed by atoms with E-state index < -0.39 is 5.82 Å². The first-order chi connectivity index (χ1) is 16.8. The number of anilines is 2. The summed E-state index contributed by atoms with van der Waals surface area (Å²) in [4.78, 5) is 13.5. The van der Waals surface area contributed by atoms with E-state index in [1.165, 1.54) is 62.1 Å². The predicted octanol–water partition coefficient (Wildman–Crippen LogP) is 5.58. The number of benzene rings is 1. The molecule has 4 fully saturated rings. The fourth-order valence-electron chi connectivity index (χ4n) is 9.07. The van der Waals surface area contributed by atoms with Gasteiger partial charge in [-0.25, -0.2) is 10.2 Å². The monoisotopic (exact) mass is 485 g/mol. The minimum atomic E-state index is -0.397. The van der Waals surface area contributed by atoms with Crippen molar-refractivity contribution in [3.63, 3.8) is 0 Å². The van der Waals surface area contributed by atoms with Crippen molar-refractivity contribution in [1.82, 2.24) is 0 Å². The highest BCUT2D eigenvalue weighted by atomic mass is 19.1. The number of hydrazine groups is 1. The average molecular weight is 486 g/mol. The molecule has 35 heavy (non-hydrogen) atoms. The minimum Gasteiger partial charge on any atom is -0.397 e. The van der Waals surface area contributed by atoms with Gasteiger partial charge in [0.2, 0.25) is 0 Å². The molecule has 0 bridgehead atoms. The summed E-state index contributed by atoms with van der Waals surface area (Å²) in [6.07, 6.45) is 11.3. The molecule has 0 saturated heterocycles. The number of Topliss-reactive ketones (excluding diaryl/α,β-unsaturated/α-hetero) is 1. The first-order valence-corrected chi connectivity index (χ1v) is 14.0. The Morgan fingerprint density at radius 3 is 2.69 bits per heavy atom. The van der Waals surface area contributed by atoms with Gasteiger partial charge in [-0.3, -0.25) is 4.79 Å². The molecule has 0 aliphatic heterocycles. The molecule has 4 aliphatic rings. The molecule has 0 aromatic heterocycles. The van der Waals surface area contributed by atoms with Gasteiger partial charge in [0.25, 0.3) is 0 Å². The van der Waals surface area contributed by atoms with Crippen molar-refractivity contribution in [2.75, 3.05) is 30.5 Å². The summed E-state index contributed by atoms with van der Waals surface area (Å²) in [5.74, 6) is 10.9. The maximum atomic E-state index is 13.5. The van der Waals surface area contributed by atoms with Crippen molar-refractivity contribution in [3.8, 4) is 0 Å². The summed E-state index contributed by atoms with van der Waals surface area (Å²) < 4.78 is 19.2. The van der Waals surface area contributed by atoms with Crippen LogP contribution in [0.4, 0.5) is 15.8 Å². The van der Waals surface area contributed by atoms with Crippen molar-refractivity contribution < 1.29 is 13.9 Å². The summed E-state index contributed by atoms with van der Waals surface area (Å²) >= 11 is 0. The molecule has 6 heteroatoms. The Morgan fingerprint density at radius 1 is 1.11 bits per heavy atom. The van der Waals surface area contributed by atoms with Crippen LogP contribution in [0.5, 0.6) is 0 Å². The Kier molecular flexibility index (Phi) is 7.15. The molecule has 0 heterocycles. The van der Waals surface area contributed by atoms with Crippen molar-refractivity contribution in [3.05, 3.63) is 24.0 Å². The van der Waals surface area contributed by atoms with E-state index in [1.54, 1.807) is 6.07 Å². The first-order valence-electron chi connectivity index (χ1n) is 14.0. The number of hydrogen-bond donors (Lipinski definition) is 2. The molecule has 0 spiro atoms. The van der Waals surface area contributed by atoms with Crippen LogP contribution < -0.4 is 16.6 Å². The van der Waals surface area contributed by atoms with Gasteiger partial charge in [0, 0.05) is 19.1 Å². The van der Waals surface area contributed by atoms with Crippen LogP contribution in [-0.2, 0) is 9.53 Å². The van der Waals surface area contributed by atoms with Crippen molar-refractivity contribution in [2.45, 2.75) is 71.6 Å². The second kappa shape index (κ2) is 10.0. The highest BCUT2D eigenvalue weighted by molar-refractivity contribution is 5.87. The van der Waals surface area contributed by atoms with Gasteiger partial charge in [0.1, 0.15) is 5.82 Å². The van der Waals surface area contributed by atoms with Crippen molar-refractivity contribution in [1.29, 1.82) is 0 Å². The molecule has 4 saturated carbocycles. The van der Waals surface area contributed by atoms with Crippen LogP contribution in [0, 0.1) is 52.7 Å². The Hall–Kier alpha value is -1.66. The fourth-order valence-corrected chi connectivity index (χ4v) is 9.07. The molecular weight excluding hydrogens is 441 g/mol. The third-order valence-corrected chi connectivity index (χ3v) is 10.6. The number of ketones is 1. The zero-order valence-corrected chi connectivity index (χ0v) is 21.6. The van der Waals surface area contributed by atoms with E-state index in [2.05, 4.69) is 13.8 Å². The average Bonchev–Trinajstić information content (AvgIpc) is 3.19. The van der Waals surface area contributed by atoms with Crippen LogP contribution in [0.15, 0.2) is 18.2 Å². The second-order valence-electron chi connectivity index (χ2n) is 12.2. The molecule has 0 amide bonds. The highest BCUT2D eigenvalue weighted by Gasteiger charge is 2.58. The zero-order chi connectivity index (χ0) is 24.7. The third kappa shape index (κ3) is 4.61. The largest absolute Gasteiger partial charge is 0.397 e. The highest BCUT2D eigenvalue weighted by Crippen LogP contribution is 2.64. The number of halogens is 1. The molecule has 4 aliphatic carbocycles. The van der Waals surface area contributed by atoms with E-state index >= 15 is 0 Å². The first kappa shape index (κ1) is 25.0. The lowest BCUT2D eigenvalue weighted by atomic mass is 9.49. The molecule has 1 aromatic rings. The minimum absolute atomic E-state index is 0.0563. The zero-order valence-electron chi connectivity index (χ0n) is 21.6. The molecule has 5 nitrogen and oxygen atoms in total. The number of nitrogen functional groups attached to an aromatic ring is 1. The lowest BCUT2D eigenvalue weighted by Gasteiger charge is -2.56. The topological polar surface area (TPSA) is 81.6 Å². The van der Waals surface area contributed by atoms with Gasteiger partial charge in [-0.2, -0.15) is 0 Å². The van der Waals surface area contributed by atoms with Gasteiger partial charge in [-0.1, -0.05) is 6.92 Å². The Morgan fingerprint density at radius 2 is 1.91 bits per heavy atom. The molecule has 0 radical (unpaired) electrons. The lowest BCUT2D eigenvalue weighted by Crippen LogP contribution is -2.50. The number of carbonyl (C=O) groups excluding carboxylic acids is 1. The quantitative estimate of drug-likeness (QED) is 0.299. The van der Waals surface area contributed by atoms with E-state index in [-0.39, 0.29) is 29.3 Å². The van der Waals surface area contributed by atoms with E-state index in [4.69, 9.17) is 16.3 Å². The maximum Gasteiger partial charge on any atom is 0.157 e. The standard InChI is InChI=1S/C29H44FN3O2/c1-3-35-17-18-4-7-21-19(14-18)5-8-23-22(21)12-13-29(2)24(23)9-10-25(29)28(34)16-33(32)27-11-6-20(30)15-26(27)31/h6,11,15,18-19,21-25H,3-5,7-10,12-14,16-17,31-32H2,1-2H3. The maximum absolute atomic E-state index is 13.5. The Bertz CT molecular complexity index is 925. The molecule has 4 N–H and O–H groups in total. The summed E-state index contributed by atoms with van der Waals surface area (Å²) in [7, 11) is 0. The van der Waals surface area contributed by atoms with Crippen LogP contribution in [0.3, 0.4) is 0 Å². The fraction of sp³-hybridized carbons (Fsp3) is 0.759. The molecule has 1 aromatic carbocycles. The molecule has 8 unspecified atom stereocenters. The van der Waals surface area contributed by atoms with Crippen LogP contribution in [-0.4, -0.2) is 25.5 Å². The summed E-state index contributed by atoms with van der Waals surface area (Å²) in [5, 5.41) is 1.41. The number of rotatable bonds is 7. The van der Waals surface area contributed by atoms with Gasteiger partial charge in [-0.05, 0) is 124 Å². The van der Waals surface area contributed by atoms with Gasteiger partial charge < -0.3 is 15.5 Å². The number of carbonyl (C=O) groups is 1. The SMILES string of the molecule is CCOCC1CCC2C(CCC3C2CCC2(C)C(C(=O)CN(N)c4ccc(F)cc4N)CCC32)C1. The summed E-state index contributed by atoms with van der Waals surface area (Å²) in [5.41, 5.74) is 6.82. The number of nitrogens with zero attached hydrogens (tertiary/aromatic N) is 1. The van der Waals surface area contributed by atoms with E-state index in [9.17, 15) is 9.18 Å². The molecule has 8 atom stereocenters. The molecule has 5 rings (SSSR count). The number of fused-ring (bicyclic) bond motifs is 5. The van der Waals surface area contributed by atoms with Gasteiger partial charge >= 0.3 is 0 Å². The molecule has 194 valence electrons. The van der Waals surface area contributed by atoms with Crippen LogP contribution in [0.25, 0.3) is 0 Å². The number of hydrogen-bond acceptors (Lipinski definition) is 5. The summed E-state index contributed by atoms with van der Waals surface area (Å²) in [6.45, 7) is 6.39. The van der Waals surface area contributed by atoms with Gasteiger partial charge in [-0.15, -0.1) is 0 Å². The molecular formula is C29H44FN3O2. The normalized spacial score (nSPS) is 38.3. The van der Waals surface area contributed by atoms with E-state index in [0.29, 0.717) is 11.6 Å². The van der Waals surface area contributed by atoms with E-state index in [0.717, 1.165) is 55.6 Å². The third-order valence-electron chi connectivity index (χ3n) is 10.6. The number of ether oxygens (including phenoxy) is 1. The van der Waals surface area contributed by atoms with Crippen molar-refractivity contribution >= 4 is 17.2 Å². The second-order valence-corrected chi connectivity index (χ2v) is 12.2. The Balaban J connectivity index is 1.24. The van der Waals surface area contributed by atoms with Gasteiger partial charge in [0.05, 0.1) is 17.9 Å². The van der Waals surface area contributed by atoms with Crippen LogP contribution in [0.2, 0.25) is 0 Å². The summed E-state index contributed by atoms with van der Waals surface area (Å²) in [6, 6.07) is 4.16.